The first kappa shape index (κ1) is 32.6. The van der Waals surface area contributed by atoms with Crippen molar-refractivity contribution in [2.24, 2.45) is 9.98 Å². The minimum Gasteiger partial charge on any atom is -1.00 e. The Morgan fingerprint density at radius 3 is 1.44 bits per heavy atom. The Morgan fingerprint density at radius 2 is 1.16 bits per heavy atom. The van der Waals surface area contributed by atoms with E-state index >= 15 is 0 Å². The van der Waals surface area contributed by atoms with Crippen LogP contribution < -0.4 is 30.1 Å². The molecule has 0 radical (unpaired) electrons. The molecule has 146 valence electrons. The summed E-state index contributed by atoms with van der Waals surface area (Å²) >= 11 is 0. The third-order valence-corrected chi connectivity index (χ3v) is 2.72. The zero-order chi connectivity index (χ0) is 17.4. The van der Waals surface area contributed by atoms with E-state index in [1.807, 2.05) is 0 Å². The molecule has 0 bridgehead atoms. The molecule has 0 aliphatic rings. The first-order valence-corrected chi connectivity index (χ1v) is 8.46. The monoisotopic (exact) mass is 449 g/mol. The fourth-order valence-electron chi connectivity index (χ4n) is 2.18. The van der Waals surface area contributed by atoms with E-state index in [0.29, 0.717) is 18.0 Å². The first-order chi connectivity index (χ1) is 10.0. The maximum atomic E-state index is 4.76. The second-order valence-corrected chi connectivity index (χ2v) is 7.04. The van der Waals surface area contributed by atoms with E-state index < -0.39 is 0 Å². The summed E-state index contributed by atoms with van der Waals surface area (Å²) < 4.78 is 0. The molecule has 0 aromatic heterocycles. The van der Waals surface area contributed by atoms with E-state index in [4.69, 9.17) is 4.99 Å². The molecular weight excluding hydrogens is 415 g/mol. The zero-order valence-corrected chi connectivity index (χ0v) is 21.4. The van der Waals surface area contributed by atoms with Gasteiger partial charge in [0.25, 0.3) is 0 Å². The largest absolute Gasteiger partial charge is 3.00 e. The molecule has 25 heavy (non-hydrogen) atoms. The second-order valence-electron chi connectivity index (χ2n) is 7.04. The van der Waals surface area contributed by atoms with Crippen molar-refractivity contribution in [2.75, 3.05) is 0 Å². The fourth-order valence-corrected chi connectivity index (χ4v) is 2.18. The Bertz CT molecular complexity index is 375. The van der Waals surface area contributed by atoms with Gasteiger partial charge < -0.3 is 45.3 Å². The van der Waals surface area contributed by atoms with E-state index in [2.05, 4.69) is 89.8 Å². The number of hydrogen-bond donors (Lipinski definition) is 1. The van der Waals surface area contributed by atoms with Gasteiger partial charge in [0.05, 0.1) is 0 Å². The summed E-state index contributed by atoms with van der Waals surface area (Å²) in [6, 6.07) is 1.30. The van der Waals surface area contributed by atoms with Crippen LogP contribution in [0.3, 0.4) is 0 Å². The summed E-state index contributed by atoms with van der Waals surface area (Å²) in [7, 11) is 0. The molecule has 0 heterocycles. The van der Waals surface area contributed by atoms with Crippen molar-refractivity contribution in [1.29, 1.82) is 0 Å². The Hall–Kier alpha value is -0.0436. The van der Waals surface area contributed by atoms with Gasteiger partial charge in [-0.1, -0.05) is 27.7 Å². The normalized spacial score (nSPS) is 12.1. The molecule has 0 saturated carbocycles. The minimum atomic E-state index is 0. The van der Waals surface area contributed by atoms with E-state index in [9.17, 15) is 0 Å². The van der Waals surface area contributed by atoms with Gasteiger partial charge in [-0.15, -0.1) is 0 Å². The molecule has 0 atom stereocenters. The van der Waals surface area contributed by atoms with Crippen molar-refractivity contribution in [1.82, 2.24) is 10.2 Å². The van der Waals surface area contributed by atoms with Gasteiger partial charge in [-0.3, -0.25) is 4.99 Å². The van der Waals surface area contributed by atoms with Crippen LogP contribution in [0.2, 0.25) is 0 Å². The Morgan fingerprint density at radius 1 is 0.760 bits per heavy atom. The van der Waals surface area contributed by atoms with Crippen molar-refractivity contribution in [3.63, 3.8) is 0 Å². The maximum Gasteiger partial charge on any atom is 3.00 e. The van der Waals surface area contributed by atoms with Crippen LogP contribution in [-0.2, 0) is 0 Å². The van der Waals surface area contributed by atoms with E-state index in [-0.39, 0.29) is 62.7 Å². The molecule has 1 N–H and O–H groups in total. The average Bonchev–Trinajstić information content (AvgIpc) is 2.23. The molecule has 0 aromatic rings. The van der Waals surface area contributed by atoms with Gasteiger partial charge in [-0.25, -0.2) is 0 Å². The van der Waals surface area contributed by atoms with Gasteiger partial charge in [0.15, 0.2) is 0 Å². The van der Waals surface area contributed by atoms with Gasteiger partial charge in [-0.05, 0) is 53.6 Å². The average molecular weight is 451 g/mol. The minimum absolute atomic E-state index is 0. The first-order valence-electron chi connectivity index (χ1n) is 8.46. The van der Waals surface area contributed by atoms with Crippen LogP contribution in [0.4, 0.5) is 0 Å². The summed E-state index contributed by atoms with van der Waals surface area (Å²) in [6.45, 7) is 21.1. The van der Waals surface area contributed by atoms with Crippen molar-refractivity contribution < 1.29 is 24.8 Å². The molecule has 0 saturated heterocycles. The van der Waals surface area contributed by atoms with Crippen LogP contribution in [0.15, 0.2) is 9.98 Å². The van der Waals surface area contributed by atoms with Crippen molar-refractivity contribution in [3.05, 3.63) is 5.32 Å². The molecule has 0 aliphatic carbocycles. The van der Waals surface area contributed by atoms with Crippen LogP contribution in [0.1, 0.15) is 69.2 Å². The number of hydrogen-bond acceptors (Lipinski definition) is 2. The predicted octanol–water partition coefficient (Wildman–Crippen LogP) is -2.37. The van der Waals surface area contributed by atoms with Gasteiger partial charge >= 0.3 is 19.8 Å². The molecular formula is C17H36Cl2GaN5. The molecule has 0 rings (SSSR count). The topological polar surface area (TPSA) is 54.1 Å². The zero-order valence-electron chi connectivity index (χ0n) is 17.5. The quantitative estimate of drug-likeness (QED) is 0.289. The van der Waals surface area contributed by atoms with Crippen LogP contribution in [0.25, 0.3) is 5.32 Å². The van der Waals surface area contributed by atoms with E-state index in [1.54, 1.807) is 0 Å². The SMILES string of the molecule is CC(C)N=C([N-]C(C)C)NC(=NC(C)C)N(C(C)C)C(C)C.[Cl-].[Cl-].[Ga+3]. The molecule has 0 aliphatic heterocycles. The summed E-state index contributed by atoms with van der Waals surface area (Å²) in [6.07, 6.45) is 0. The Labute approximate surface area is 181 Å². The third kappa shape index (κ3) is 14.8. The number of rotatable bonds is 5. The van der Waals surface area contributed by atoms with Crippen LogP contribution in [0, 0.1) is 0 Å². The van der Waals surface area contributed by atoms with Gasteiger partial charge in [0.2, 0.25) is 0 Å². The third-order valence-electron chi connectivity index (χ3n) is 2.72. The number of halogens is 2. The fraction of sp³-hybridized carbons (Fsp3) is 0.882. The molecule has 0 fully saturated rings. The van der Waals surface area contributed by atoms with Gasteiger partial charge in [0, 0.05) is 24.1 Å². The van der Waals surface area contributed by atoms with E-state index in [1.165, 1.54) is 0 Å². The standard InChI is InChI=1S/C17H36N5.2ClH.Ga/c1-11(2)18-16(19-12(3)4)21-17(20-13(5)6)22(14(7)8)15(9)10;;;/h11-15H,1-10H3,(H-,18,19,20,21);2*1H;/q-1;;;+3/p-2. The Kier molecular flexibility index (Phi) is 21.1. The van der Waals surface area contributed by atoms with Crippen molar-refractivity contribution in [3.8, 4) is 0 Å². The smallest absolute Gasteiger partial charge is 1.00 e. The van der Waals surface area contributed by atoms with Crippen LogP contribution in [0.5, 0.6) is 0 Å². The summed E-state index contributed by atoms with van der Waals surface area (Å²) in [5.74, 6) is 1.51. The number of nitrogens with one attached hydrogen (secondary N) is 1. The van der Waals surface area contributed by atoms with Gasteiger partial charge in [-0.2, -0.15) is 0 Å². The summed E-state index contributed by atoms with van der Waals surface area (Å²) in [5.41, 5.74) is 0. The van der Waals surface area contributed by atoms with Crippen LogP contribution in [-0.4, -0.2) is 66.8 Å². The molecule has 8 heteroatoms. The summed E-state index contributed by atoms with van der Waals surface area (Å²) in [5, 5.41) is 7.97. The van der Waals surface area contributed by atoms with Crippen molar-refractivity contribution >= 4 is 31.7 Å². The molecule has 0 spiro atoms. The second kappa shape index (κ2) is 16.2. The number of nitrogens with zero attached hydrogens (tertiary/aromatic N) is 4. The Balaban J connectivity index is -0.000000735. The maximum absolute atomic E-state index is 4.76. The number of guanidine groups is 2. The molecule has 5 nitrogen and oxygen atoms in total. The predicted molar refractivity (Wildman–Crippen MR) is 105 cm³/mol. The number of aliphatic imine (C=N–C) groups is 2. The van der Waals surface area contributed by atoms with Crippen LogP contribution >= 0.6 is 0 Å². The molecule has 0 amide bonds. The summed E-state index contributed by atoms with van der Waals surface area (Å²) in [4.78, 5) is 11.6. The van der Waals surface area contributed by atoms with Gasteiger partial charge in [0.1, 0.15) is 5.96 Å². The molecule has 0 unspecified atom stereocenters. The van der Waals surface area contributed by atoms with Crippen molar-refractivity contribution in [2.45, 2.75) is 99.4 Å². The molecule has 0 aromatic carbocycles. The van der Waals surface area contributed by atoms with E-state index in [0.717, 1.165) is 5.96 Å².